The monoisotopic (exact) mass is 486 g/mol. The van der Waals surface area contributed by atoms with Gasteiger partial charge < -0.3 is 9.80 Å². The summed E-state index contributed by atoms with van der Waals surface area (Å²) in [6.45, 7) is 6.32. The van der Waals surface area contributed by atoms with Crippen molar-refractivity contribution in [3.8, 4) is 0 Å². The van der Waals surface area contributed by atoms with Crippen LogP contribution in [0.3, 0.4) is 0 Å². The van der Waals surface area contributed by atoms with E-state index in [4.69, 9.17) is 28.2 Å². The molecular weight excluding hydrogens is 462 g/mol. The number of hydrogen-bond acceptors (Lipinski definition) is 4. The van der Waals surface area contributed by atoms with Crippen molar-refractivity contribution < 1.29 is 9.18 Å². The number of rotatable bonds is 5. The zero-order chi connectivity index (χ0) is 23.5. The zero-order valence-corrected chi connectivity index (χ0v) is 20.1. The molecule has 3 aromatic rings. The van der Waals surface area contributed by atoms with Crippen molar-refractivity contribution >= 4 is 34.9 Å². The molecule has 1 aliphatic rings. The van der Waals surface area contributed by atoms with E-state index in [2.05, 4.69) is 16.8 Å². The fourth-order valence-corrected chi connectivity index (χ4v) is 4.73. The number of piperazine rings is 1. The number of hydrogen-bond donors (Lipinski definition) is 0. The fourth-order valence-electron chi connectivity index (χ4n) is 4.20. The van der Waals surface area contributed by atoms with Crippen molar-refractivity contribution in [3.63, 3.8) is 0 Å². The molecule has 33 heavy (non-hydrogen) atoms. The quantitative estimate of drug-likeness (QED) is 0.487. The third-order valence-corrected chi connectivity index (χ3v) is 6.20. The van der Waals surface area contributed by atoms with Gasteiger partial charge in [-0.1, -0.05) is 42.3 Å². The van der Waals surface area contributed by atoms with Crippen LogP contribution < -0.4 is 4.90 Å². The molecule has 0 atom stereocenters. The summed E-state index contributed by atoms with van der Waals surface area (Å²) in [5.74, 6) is 1.22. The maximum absolute atomic E-state index is 13.8. The fraction of sp³-hybridized carbons (Fsp3) is 0.320. The molecule has 0 unspecified atom stereocenters. The second-order valence-corrected chi connectivity index (χ2v) is 8.99. The van der Waals surface area contributed by atoms with Crippen LogP contribution in [0.5, 0.6) is 0 Å². The summed E-state index contributed by atoms with van der Waals surface area (Å²) in [4.78, 5) is 26.4. The van der Waals surface area contributed by atoms with Crippen molar-refractivity contribution in [1.82, 2.24) is 14.9 Å². The largest absolute Gasteiger partial charge is 0.353 e. The third kappa shape index (κ3) is 5.45. The average Bonchev–Trinajstić information content (AvgIpc) is 2.79. The SMILES string of the molecule is CCc1nc(C)nc(N2CCN(C(=O)c3cc(Cl)cc(Cl)c3)CC2)c1Cc1cccc(F)c1. The van der Waals surface area contributed by atoms with Crippen molar-refractivity contribution in [2.75, 3.05) is 31.1 Å². The third-order valence-electron chi connectivity index (χ3n) is 5.76. The standard InChI is InChI=1S/C25H25Cl2FN4O/c1-3-23-22(12-17-5-4-6-21(28)11-17)24(30-16(2)29-23)31-7-9-32(10-8-31)25(33)18-13-19(26)15-20(27)14-18/h4-6,11,13-15H,3,7-10,12H2,1-2H3. The van der Waals surface area contributed by atoms with E-state index in [1.807, 2.05) is 13.0 Å². The topological polar surface area (TPSA) is 49.3 Å². The van der Waals surface area contributed by atoms with Gasteiger partial charge in [0, 0.05) is 59.5 Å². The Morgan fingerprint density at radius 3 is 2.36 bits per heavy atom. The Morgan fingerprint density at radius 2 is 1.73 bits per heavy atom. The van der Waals surface area contributed by atoms with Crippen LogP contribution >= 0.6 is 23.2 Å². The summed E-state index contributed by atoms with van der Waals surface area (Å²) in [7, 11) is 0. The summed E-state index contributed by atoms with van der Waals surface area (Å²) in [6, 6.07) is 11.5. The van der Waals surface area contributed by atoms with E-state index in [1.54, 1.807) is 35.2 Å². The van der Waals surface area contributed by atoms with E-state index in [0.717, 1.165) is 29.1 Å². The molecule has 8 heteroatoms. The molecule has 172 valence electrons. The lowest BCUT2D eigenvalue weighted by Crippen LogP contribution is -2.49. The second kappa shape index (κ2) is 10.1. The minimum Gasteiger partial charge on any atom is -0.353 e. The molecule has 5 nitrogen and oxygen atoms in total. The maximum Gasteiger partial charge on any atom is 0.254 e. The van der Waals surface area contributed by atoms with Gasteiger partial charge in [0.15, 0.2) is 0 Å². The first-order valence-electron chi connectivity index (χ1n) is 10.9. The van der Waals surface area contributed by atoms with Crippen LogP contribution in [0.4, 0.5) is 10.2 Å². The van der Waals surface area contributed by atoms with Crippen molar-refractivity contribution in [2.24, 2.45) is 0 Å². The first kappa shape index (κ1) is 23.5. The summed E-state index contributed by atoms with van der Waals surface area (Å²) < 4.78 is 13.8. The summed E-state index contributed by atoms with van der Waals surface area (Å²) >= 11 is 12.1. The Kier molecular flexibility index (Phi) is 7.15. The summed E-state index contributed by atoms with van der Waals surface area (Å²) in [5, 5.41) is 0.880. The highest BCUT2D eigenvalue weighted by atomic mass is 35.5. The van der Waals surface area contributed by atoms with E-state index < -0.39 is 0 Å². The molecule has 1 saturated heterocycles. The number of halogens is 3. The van der Waals surface area contributed by atoms with E-state index in [0.29, 0.717) is 54.0 Å². The predicted molar refractivity (Wildman–Crippen MR) is 130 cm³/mol. The Labute approximate surface area is 203 Å². The van der Waals surface area contributed by atoms with Gasteiger partial charge in [-0.3, -0.25) is 4.79 Å². The second-order valence-electron chi connectivity index (χ2n) is 8.12. The molecule has 1 amide bonds. The van der Waals surface area contributed by atoms with Crippen LogP contribution in [0, 0.1) is 12.7 Å². The molecule has 0 spiro atoms. The Bertz CT molecular complexity index is 1160. The zero-order valence-electron chi connectivity index (χ0n) is 18.6. The Morgan fingerprint density at radius 1 is 1.03 bits per heavy atom. The van der Waals surface area contributed by atoms with Crippen molar-refractivity contribution in [3.05, 3.63) is 86.5 Å². The number of aromatic nitrogens is 2. The van der Waals surface area contributed by atoms with E-state index >= 15 is 0 Å². The Balaban J connectivity index is 1.56. The molecule has 0 radical (unpaired) electrons. The normalized spacial score (nSPS) is 14.0. The van der Waals surface area contributed by atoms with Crippen LogP contribution in [0.1, 0.15) is 39.9 Å². The molecule has 0 saturated carbocycles. The summed E-state index contributed by atoms with van der Waals surface area (Å²) in [5.41, 5.74) is 3.34. The van der Waals surface area contributed by atoms with Gasteiger partial charge in [0.1, 0.15) is 17.5 Å². The van der Waals surface area contributed by atoms with E-state index in [9.17, 15) is 9.18 Å². The van der Waals surface area contributed by atoms with Crippen molar-refractivity contribution in [2.45, 2.75) is 26.7 Å². The van der Waals surface area contributed by atoms with Gasteiger partial charge in [-0.2, -0.15) is 0 Å². The number of aryl methyl sites for hydroxylation is 2. The maximum atomic E-state index is 13.8. The lowest BCUT2D eigenvalue weighted by Gasteiger charge is -2.36. The lowest BCUT2D eigenvalue weighted by atomic mass is 10.0. The minimum atomic E-state index is -0.256. The highest BCUT2D eigenvalue weighted by Gasteiger charge is 2.26. The molecule has 0 aliphatic carbocycles. The van der Waals surface area contributed by atoms with Gasteiger partial charge in [0.25, 0.3) is 5.91 Å². The molecule has 2 heterocycles. The van der Waals surface area contributed by atoms with Crippen LogP contribution in [0.15, 0.2) is 42.5 Å². The number of amides is 1. The molecule has 1 aromatic heterocycles. The summed E-state index contributed by atoms with van der Waals surface area (Å²) in [6.07, 6.45) is 1.31. The highest BCUT2D eigenvalue weighted by molar-refractivity contribution is 6.35. The van der Waals surface area contributed by atoms with Gasteiger partial charge in [-0.25, -0.2) is 14.4 Å². The van der Waals surface area contributed by atoms with Gasteiger partial charge in [-0.05, 0) is 49.2 Å². The van der Waals surface area contributed by atoms with Gasteiger partial charge in [-0.15, -0.1) is 0 Å². The average molecular weight is 487 g/mol. The molecular formula is C25H25Cl2FN4O. The highest BCUT2D eigenvalue weighted by Crippen LogP contribution is 2.27. The molecule has 0 bridgehead atoms. The number of carbonyl (C=O) groups excluding carboxylic acids is 1. The van der Waals surface area contributed by atoms with Crippen LogP contribution in [-0.4, -0.2) is 47.0 Å². The van der Waals surface area contributed by atoms with Crippen LogP contribution in [0.25, 0.3) is 0 Å². The number of carbonyl (C=O) groups is 1. The van der Waals surface area contributed by atoms with Crippen LogP contribution in [-0.2, 0) is 12.8 Å². The number of anilines is 1. The van der Waals surface area contributed by atoms with E-state index in [1.165, 1.54) is 6.07 Å². The minimum absolute atomic E-state index is 0.0906. The van der Waals surface area contributed by atoms with Crippen LogP contribution in [0.2, 0.25) is 10.0 Å². The molecule has 1 fully saturated rings. The Hall–Kier alpha value is -2.70. The first-order valence-corrected chi connectivity index (χ1v) is 11.7. The van der Waals surface area contributed by atoms with Gasteiger partial charge in [0.05, 0.1) is 0 Å². The smallest absolute Gasteiger partial charge is 0.254 e. The van der Waals surface area contributed by atoms with E-state index in [-0.39, 0.29) is 11.7 Å². The predicted octanol–water partition coefficient (Wildman–Crippen LogP) is 5.35. The lowest BCUT2D eigenvalue weighted by molar-refractivity contribution is 0.0746. The number of benzene rings is 2. The molecule has 0 N–H and O–H groups in total. The van der Waals surface area contributed by atoms with Crippen molar-refractivity contribution in [1.29, 1.82) is 0 Å². The first-order chi connectivity index (χ1) is 15.8. The number of nitrogens with zero attached hydrogens (tertiary/aromatic N) is 4. The van der Waals surface area contributed by atoms with Gasteiger partial charge in [0.2, 0.25) is 0 Å². The molecule has 2 aromatic carbocycles. The molecule has 1 aliphatic heterocycles. The molecule has 4 rings (SSSR count). The van der Waals surface area contributed by atoms with Gasteiger partial charge >= 0.3 is 0 Å².